The van der Waals surface area contributed by atoms with Crippen molar-refractivity contribution in [1.82, 2.24) is 0 Å². The highest BCUT2D eigenvalue weighted by Gasteiger charge is 2.28. The number of esters is 2. The molecular formula is C15H21NO4. The number of hydrogen-bond acceptors (Lipinski definition) is 5. The molecule has 110 valence electrons. The molecule has 1 atom stereocenters. The van der Waals surface area contributed by atoms with Crippen LogP contribution >= 0.6 is 0 Å². The maximum atomic E-state index is 12.0. The Balaban J connectivity index is 2.86. The van der Waals surface area contributed by atoms with Crippen LogP contribution in [0.1, 0.15) is 20.3 Å². The molecule has 5 heteroatoms. The highest BCUT2D eigenvalue weighted by atomic mass is 16.5. The Bertz CT molecular complexity index is 433. The van der Waals surface area contributed by atoms with Gasteiger partial charge in [0.15, 0.2) is 0 Å². The molecule has 0 radical (unpaired) electrons. The van der Waals surface area contributed by atoms with Gasteiger partial charge in [0.2, 0.25) is 0 Å². The topological polar surface area (TPSA) is 55.8 Å². The normalized spacial score (nSPS) is 11.6. The first-order valence-electron chi connectivity index (χ1n) is 6.70. The van der Waals surface area contributed by atoms with Gasteiger partial charge in [-0.25, -0.2) is 4.79 Å². The fourth-order valence-electron chi connectivity index (χ4n) is 1.84. The van der Waals surface area contributed by atoms with Gasteiger partial charge in [-0.15, -0.1) is 0 Å². The summed E-state index contributed by atoms with van der Waals surface area (Å²) < 4.78 is 9.95. The van der Waals surface area contributed by atoms with Crippen molar-refractivity contribution in [3.05, 3.63) is 30.3 Å². The summed E-state index contributed by atoms with van der Waals surface area (Å²) in [5.74, 6) is -0.833. The van der Waals surface area contributed by atoms with E-state index in [4.69, 9.17) is 9.47 Å². The van der Waals surface area contributed by atoms with Crippen molar-refractivity contribution in [2.24, 2.45) is 0 Å². The zero-order valence-corrected chi connectivity index (χ0v) is 12.2. The van der Waals surface area contributed by atoms with E-state index in [0.29, 0.717) is 6.61 Å². The second kappa shape index (κ2) is 8.19. The van der Waals surface area contributed by atoms with Crippen LogP contribution in [0.4, 0.5) is 5.69 Å². The van der Waals surface area contributed by atoms with E-state index in [-0.39, 0.29) is 13.0 Å². The molecule has 0 heterocycles. The Hall–Kier alpha value is -2.04. The molecule has 0 amide bonds. The smallest absolute Gasteiger partial charge is 0.329 e. The molecule has 0 aliphatic rings. The lowest BCUT2D eigenvalue weighted by atomic mass is 10.1. The standard InChI is InChI=1S/C15H21NO4/c1-4-19-14(17)11-13(15(18)20-5-2)16(3)12-9-7-6-8-10-12/h6-10,13H,4-5,11H2,1-3H3/t13-/m1/s1. The minimum absolute atomic E-state index is 0.0297. The quantitative estimate of drug-likeness (QED) is 0.715. The summed E-state index contributed by atoms with van der Waals surface area (Å²) in [7, 11) is 1.76. The fourth-order valence-corrected chi connectivity index (χ4v) is 1.84. The molecule has 0 aliphatic carbocycles. The number of carbonyl (C=O) groups excluding carboxylic acids is 2. The predicted molar refractivity (Wildman–Crippen MR) is 76.5 cm³/mol. The van der Waals surface area contributed by atoms with Crippen molar-refractivity contribution < 1.29 is 19.1 Å². The van der Waals surface area contributed by atoms with Gasteiger partial charge in [-0.3, -0.25) is 4.79 Å². The van der Waals surface area contributed by atoms with Gasteiger partial charge in [0.05, 0.1) is 19.6 Å². The van der Waals surface area contributed by atoms with Crippen molar-refractivity contribution in [3.8, 4) is 0 Å². The van der Waals surface area contributed by atoms with Crippen LogP contribution < -0.4 is 4.90 Å². The van der Waals surface area contributed by atoms with Gasteiger partial charge < -0.3 is 14.4 Å². The van der Waals surface area contributed by atoms with Gasteiger partial charge in [0, 0.05) is 12.7 Å². The van der Waals surface area contributed by atoms with Crippen LogP contribution in [0.5, 0.6) is 0 Å². The molecule has 1 aromatic carbocycles. The van der Waals surface area contributed by atoms with E-state index >= 15 is 0 Å². The molecule has 1 rings (SSSR count). The molecule has 0 saturated heterocycles. The number of para-hydroxylation sites is 1. The monoisotopic (exact) mass is 279 g/mol. The summed E-state index contributed by atoms with van der Waals surface area (Å²) in [4.78, 5) is 25.4. The molecule has 0 fully saturated rings. The number of hydrogen-bond donors (Lipinski definition) is 0. The van der Waals surface area contributed by atoms with Crippen LogP contribution in [-0.4, -0.2) is 38.2 Å². The van der Waals surface area contributed by atoms with Gasteiger partial charge in [-0.2, -0.15) is 0 Å². The first-order valence-corrected chi connectivity index (χ1v) is 6.70. The van der Waals surface area contributed by atoms with Crippen molar-refractivity contribution in [2.45, 2.75) is 26.3 Å². The van der Waals surface area contributed by atoms with Crippen LogP contribution in [0, 0.1) is 0 Å². The zero-order valence-electron chi connectivity index (χ0n) is 12.2. The Kier molecular flexibility index (Phi) is 6.56. The van der Waals surface area contributed by atoms with E-state index in [9.17, 15) is 9.59 Å². The van der Waals surface area contributed by atoms with Crippen molar-refractivity contribution in [2.75, 3.05) is 25.2 Å². The molecule has 0 saturated carbocycles. The minimum Gasteiger partial charge on any atom is -0.466 e. The maximum Gasteiger partial charge on any atom is 0.329 e. The zero-order chi connectivity index (χ0) is 15.0. The molecular weight excluding hydrogens is 258 g/mol. The van der Waals surface area contributed by atoms with E-state index in [0.717, 1.165) is 5.69 Å². The van der Waals surface area contributed by atoms with Crippen molar-refractivity contribution in [1.29, 1.82) is 0 Å². The molecule has 0 aromatic heterocycles. The van der Waals surface area contributed by atoms with E-state index in [1.807, 2.05) is 30.3 Å². The highest BCUT2D eigenvalue weighted by Crippen LogP contribution is 2.17. The second-order valence-electron chi connectivity index (χ2n) is 4.22. The second-order valence-corrected chi connectivity index (χ2v) is 4.22. The van der Waals surface area contributed by atoms with Crippen LogP contribution in [-0.2, 0) is 19.1 Å². The third-order valence-electron chi connectivity index (χ3n) is 2.85. The predicted octanol–water partition coefficient (Wildman–Crippen LogP) is 2.01. The largest absolute Gasteiger partial charge is 0.466 e. The Morgan fingerprint density at radius 3 is 2.25 bits per heavy atom. The lowest BCUT2D eigenvalue weighted by Gasteiger charge is -2.27. The number of carbonyl (C=O) groups is 2. The summed E-state index contributed by atoms with van der Waals surface area (Å²) >= 11 is 0. The number of rotatable bonds is 7. The van der Waals surface area contributed by atoms with Crippen LogP contribution in [0.15, 0.2) is 30.3 Å². The van der Waals surface area contributed by atoms with E-state index in [1.54, 1.807) is 25.8 Å². The number of anilines is 1. The summed E-state index contributed by atoms with van der Waals surface area (Å²) in [6.45, 7) is 4.05. The van der Waals surface area contributed by atoms with Crippen molar-refractivity contribution >= 4 is 17.6 Å². The van der Waals surface area contributed by atoms with Gasteiger partial charge in [-0.1, -0.05) is 18.2 Å². The average molecular weight is 279 g/mol. The van der Waals surface area contributed by atoms with Crippen molar-refractivity contribution in [3.63, 3.8) is 0 Å². The van der Waals surface area contributed by atoms with Crippen LogP contribution in [0.3, 0.4) is 0 Å². The van der Waals surface area contributed by atoms with Crippen LogP contribution in [0.25, 0.3) is 0 Å². The molecule has 0 N–H and O–H groups in total. The van der Waals surface area contributed by atoms with Gasteiger partial charge >= 0.3 is 11.9 Å². The number of likely N-dealkylation sites (N-methyl/N-ethyl adjacent to an activating group) is 1. The molecule has 0 aliphatic heterocycles. The number of ether oxygens (including phenoxy) is 2. The summed E-state index contributed by atoms with van der Waals surface area (Å²) in [5, 5.41) is 0. The fraction of sp³-hybridized carbons (Fsp3) is 0.467. The lowest BCUT2D eigenvalue weighted by Crippen LogP contribution is -2.41. The molecule has 0 unspecified atom stereocenters. The molecule has 1 aromatic rings. The Morgan fingerprint density at radius 1 is 1.10 bits per heavy atom. The molecule has 0 spiro atoms. The first kappa shape index (κ1) is 16.0. The van der Waals surface area contributed by atoms with Gasteiger partial charge in [0.25, 0.3) is 0 Å². The third-order valence-corrected chi connectivity index (χ3v) is 2.85. The lowest BCUT2D eigenvalue weighted by molar-refractivity contribution is -0.151. The van der Waals surface area contributed by atoms with Gasteiger partial charge in [-0.05, 0) is 26.0 Å². The Labute approximate surface area is 119 Å². The van der Waals surface area contributed by atoms with Gasteiger partial charge in [0.1, 0.15) is 6.04 Å². The molecule has 5 nitrogen and oxygen atoms in total. The summed E-state index contributed by atoms with van der Waals surface area (Å²) in [6, 6.07) is 8.70. The van der Waals surface area contributed by atoms with E-state index < -0.39 is 18.0 Å². The molecule has 20 heavy (non-hydrogen) atoms. The number of nitrogens with zero attached hydrogens (tertiary/aromatic N) is 1. The minimum atomic E-state index is -0.684. The average Bonchev–Trinajstić information content (AvgIpc) is 2.45. The maximum absolute atomic E-state index is 12.0. The first-order chi connectivity index (χ1) is 9.60. The van der Waals surface area contributed by atoms with E-state index in [2.05, 4.69) is 0 Å². The summed E-state index contributed by atoms with van der Waals surface area (Å²) in [6.07, 6.45) is -0.0297. The highest BCUT2D eigenvalue weighted by molar-refractivity contribution is 5.85. The summed E-state index contributed by atoms with van der Waals surface area (Å²) in [5.41, 5.74) is 0.842. The molecule has 0 bridgehead atoms. The number of benzene rings is 1. The third kappa shape index (κ3) is 4.57. The SMILES string of the molecule is CCOC(=O)C[C@H](C(=O)OCC)N(C)c1ccccc1. The van der Waals surface area contributed by atoms with Crippen LogP contribution in [0.2, 0.25) is 0 Å². The Morgan fingerprint density at radius 2 is 1.70 bits per heavy atom. The van der Waals surface area contributed by atoms with E-state index in [1.165, 1.54) is 0 Å².